The van der Waals surface area contributed by atoms with Crippen LogP contribution in [-0.2, 0) is 38.2 Å². The van der Waals surface area contributed by atoms with Gasteiger partial charge in [-0.15, -0.1) is 11.3 Å². The number of carbonyl (C=O) groups excluding carboxylic acids is 7. The highest BCUT2D eigenvalue weighted by Gasteiger charge is 2.47. The van der Waals surface area contributed by atoms with Gasteiger partial charge >= 0.3 is 6.09 Å². The molecule has 1 aliphatic rings. The number of carbonyl (C=O) groups is 7. The lowest BCUT2D eigenvalue weighted by Crippen LogP contribution is -2.59. The highest BCUT2D eigenvalue weighted by atomic mass is 32.1. The van der Waals surface area contributed by atoms with Gasteiger partial charge in [-0.25, -0.2) is 4.79 Å². The molecule has 6 amide bonds. The molecular formula is C37H60N6O9S. The van der Waals surface area contributed by atoms with Gasteiger partial charge < -0.3 is 40.5 Å². The van der Waals surface area contributed by atoms with Crippen LogP contribution < -0.4 is 21.3 Å². The fourth-order valence-electron chi connectivity index (χ4n) is 5.62. The Labute approximate surface area is 317 Å². The maximum Gasteiger partial charge on any atom is 0.407 e. The number of nitrogens with one attached hydrogen (secondary N) is 4. The summed E-state index contributed by atoms with van der Waals surface area (Å²) in [4.78, 5) is 96.3. The predicted molar refractivity (Wildman–Crippen MR) is 201 cm³/mol. The van der Waals surface area contributed by atoms with E-state index in [4.69, 9.17) is 9.47 Å². The summed E-state index contributed by atoms with van der Waals surface area (Å²) < 4.78 is 11.5. The van der Waals surface area contributed by atoms with Crippen molar-refractivity contribution in [2.45, 2.75) is 124 Å². The van der Waals surface area contributed by atoms with Crippen LogP contribution >= 0.6 is 11.3 Å². The molecule has 53 heavy (non-hydrogen) atoms. The number of hydrogen-bond acceptors (Lipinski definition) is 10. The summed E-state index contributed by atoms with van der Waals surface area (Å²) in [6.07, 6.45) is 0.112. The number of ketones is 1. The van der Waals surface area contributed by atoms with E-state index in [0.29, 0.717) is 17.7 Å². The second kappa shape index (κ2) is 19.9. The van der Waals surface area contributed by atoms with Gasteiger partial charge in [0.05, 0.1) is 30.9 Å². The first kappa shape index (κ1) is 45.1. The number of unbranched alkanes of at least 4 members (excludes halogenated alkanes) is 1. The van der Waals surface area contributed by atoms with E-state index in [1.165, 1.54) is 21.1 Å². The van der Waals surface area contributed by atoms with E-state index in [1.54, 1.807) is 52.4 Å². The van der Waals surface area contributed by atoms with Gasteiger partial charge in [-0.1, -0.05) is 60.5 Å². The van der Waals surface area contributed by atoms with Crippen molar-refractivity contribution in [1.29, 1.82) is 0 Å². The summed E-state index contributed by atoms with van der Waals surface area (Å²) in [6.45, 7) is 16.2. The molecule has 16 heteroatoms. The largest absolute Gasteiger partial charge is 0.449 e. The number of thiophene rings is 1. The average Bonchev–Trinajstić information content (AvgIpc) is 3.74. The van der Waals surface area contributed by atoms with Crippen LogP contribution in [0.3, 0.4) is 0 Å². The van der Waals surface area contributed by atoms with E-state index in [9.17, 15) is 33.6 Å². The van der Waals surface area contributed by atoms with Crippen molar-refractivity contribution < 1.29 is 43.0 Å². The molecule has 0 saturated carbocycles. The van der Waals surface area contributed by atoms with Crippen molar-refractivity contribution in [3.63, 3.8) is 0 Å². The van der Waals surface area contributed by atoms with Crippen LogP contribution in [0.25, 0.3) is 0 Å². The van der Waals surface area contributed by atoms with Crippen molar-refractivity contribution in [3.8, 4) is 0 Å². The fourth-order valence-corrected chi connectivity index (χ4v) is 6.39. The van der Waals surface area contributed by atoms with Gasteiger partial charge in [-0.05, 0) is 50.0 Å². The second-order valence-corrected chi connectivity index (χ2v) is 17.0. The molecule has 298 valence electrons. The van der Waals surface area contributed by atoms with Crippen LogP contribution in [0.4, 0.5) is 4.79 Å². The second-order valence-electron chi connectivity index (χ2n) is 16.0. The summed E-state index contributed by atoms with van der Waals surface area (Å²) in [7, 11) is 3.12. The zero-order chi connectivity index (χ0) is 40.3. The predicted octanol–water partition coefficient (Wildman–Crippen LogP) is 2.94. The number of likely N-dealkylation sites (tertiary alicyclic amines) is 1. The number of likely N-dealkylation sites (N-methyl/N-ethyl adjacent to an activating group) is 1. The van der Waals surface area contributed by atoms with Gasteiger partial charge in [0, 0.05) is 31.9 Å². The summed E-state index contributed by atoms with van der Waals surface area (Å²) in [5.74, 6) is -4.19. The van der Waals surface area contributed by atoms with Gasteiger partial charge in [0.15, 0.2) is 0 Å². The molecule has 0 bridgehead atoms. The van der Waals surface area contributed by atoms with Crippen LogP contribution in [-0.4, -0.2) is 115 Å². The Morgan fingerprint density at radius 1 is 1.00 bits per heavy atom. The zero-order valence-corrected chi connectivity index (χ0v) is 33.9. The molecule has 1 aromatic heterocycles. The first-order valence-electron chi connectivity index (χ1n) is 18.1. The molecule has 15 nitrogen and oxygen atoms in total. The van der Waals surface area contributed by atoms with Crippen molar-refractivity contribution in [1.82, 2.24) is 31.1 Å². The molecule has 1 aliphatic heterocycles. The van der Waals surface area contributed by atoms with Crippen LogP contribution in [0.2, 0.25) is 0 Å². The van der Waals surface area contributed by atoms with E-state index in [-0.39, 0.29) is 37.8 Å². The first-order valence-corrected chi connectivity index (χ1v) is 19.0. The molecule has 0 radical (unpaired) electrons. The minimum atomic E-state index is -1.25. The minimum absolute atomic E-state index is 0.0510. The molecule has 2 heterocycles. The SMILES string of the molecule is CCCC[C@H](NC(=O)[C@@H]1C[C@@H](OC(C)(C)C)CN1C(=O)[C@@H](NC(=O)OCC(C)C)C(C)(C)C)C(=O)C(=O)NCC(=O)N[C@H](C(=O)N(C)C)c1cccs1. The van der Waals surface area contributed by atoms with Crippen LogP contribution in [0.1, 0.15) is 98.9 Å². The summed E-state index contributed by atoms with van der Waals surface area (Å²) in [5, 5.41) is 12.1. The normalized spacial score (nSPS) is 17.7. The minimum Gasteiger partial charge on any atom is -0.449 e. The van der Waals surface area contributed by atoms with Crippen LogP contribution in [0.15, 0.2) is 17.5 Å². The Bertz CT molecular complexity index is 1430. The summed E-state index contributed by atoms with van der Waals surface area (Å²) in [5.41, 5.74) is -1.37. The molecule has 4 N–H and O–H groups in total. The number of nitrogens with zero attached hydrogens (tertiary/aromatic N) is 2. The number of hydrogen-bond donors (Lipinski definition) is 4. The molecular weight excluding hydrogens is 705 g/mol. The van der Waals surface area contributed by atoms with Gasteiger partial charge in [0.1, 0.15) is 18.1 Å². The summed E-state index contributed by atoms with van der Waals surface area (Å²) >= 11 is 1.29. The topological polar surface area (TPSA) is 193 Å². The Balaban J connectivity index is 2.26. The first-order chi connectivity index (χ1) is 24.5. The lowest BCUT2D eigenvalue weighted by Gasteiger charge is -2.35. The number of ether oxygens (including phenoxy) is 2. The van der Waals surface area contributed by atoms with E-state index in [2.05, 4.69) is 21.3 Å². The van der Waals surface area contributed by atoms with Crippen molar-refractivity contribution in [2.75, 3.05) is 33.8 Å². The molecule has 1 aromatic rings. The van der Waals surface area contributed by atoms with Crippen LogP contribution in [0, 0.1) is 11.3 Å². The van der Waals surface area contributed by atoms with E-state index >= 15 is 0 Å². The molecule has 1 saturated heterocycles. The van der Waals surface area contributed by atoms with Crippen molar-refractivity contribution in [2.24, 2.45) is 11.3 Å². The van der Waals surface area contributed by atoms with Crippen molar-refractivity contribution in [3.05, 3.63) is 22.4 Å². The molecule has 0 unspecified atom stereocenters. The molecule has 0 spiro atoms. The Hall–Kier alpha value is -4.05. The van der Waals surface area contributed by atoms with E-state index < -0.39 is 83.3 Å². The number of rotatable bonds is 17. The Morgan fingerprint density at radius 3 is 2.19 bits per heavy atom. The van der Waals surface area contributed by atoms with E-state index in [0.717, 1.165) is 0 Å². The Morgan fingerprint density at radius 2 is 1.66 bits per heavy atom. The third kappa shape index (κ3) is 14.4. The van der Waals surface area contributed by atoms with E-state index in [1.807, 2.05) is 41.5 Å². The van der Waals surface area contributed by atoms with Crippen LogP contribution in [0.5, 0.6) is 0 Å². The Kier molecular flexibility index (Phi) is 16.9. The molecule has 1 fully saturated rings. The third-order valence-electron chi connectivity index (χ3n) is 8.22. The van der Waals surface area contributed by atoms with Gasteiger partial charge in [0.2, 0.25) is 29.4 Å². The monoisotopic (exact) mass is 764 g/mol. The maximum atomic E-state index is 14.2. The lowest BCUT2D eigenvalue weighted by atomic mass is 9.85. The zero-order valence-electron chi connectivity index (χ0n) is 33.1. The lowest BCUT2D eigenvalue weighted by molar-refractivity contribution is -0.144. The number of Topliss-reactive ketones (excluding diaryl/α,β-unsaturated/α-hetero) is 1. The quantitative estimate of drug-likeness (QED) is 0.173. The van der Waals surface area contributed by atoms with Gasteiger partial charge in [-0.2, -0.15) is 0 Å². The molecule has 0 aliphatic carbocycles. The standard InChI is InChI=1S/C37H60N6O9S/c1-12-13-15-24(29(45)32(47)38-19-27(44)40-28(33(48)42(10)11)26-16-14-17-53-26)39-31(46)25-18-23(52-37(7,8)9)20-43(25)34(49)30(36(4,5)6)41-35(50)51-21-22(2)3/h14,16-17,22-25,28,30H,12-13,15,18-21H2,1-11H3,(H,38,47)(H,39,46)(H,40,44)(H,41,50)/t23-,24+,25+,28+,30-/m1/s1. The van der Waals surface area contributed by atoms with Gasteiger partial charge in [-0.3, -0.25) is 28.8 Å². The number of alkyl carbamates (subject to hydrolysis) is 1. The van der Waals surface area contributed by atoms with Crippen molar-refractivity contribution >= 4 is 52.7 Å². The fraction of sp³-hybridized carbons (Fsp3) is 0.703. The maximum absolute atomic E-state index is 14.2. The molecule has 2 rings (SSSR count). The van der Waals surface area contributed by atoms with Gasteiger partial charge in [0.25, 0.3) is 5.91 Å². The smallest absolute Gasteiger partial charge is 0.407 e. The molecule has 0 aromatic carbocycles. The third-order valence-corrected chi connectivity index (χ3v) is 9.16. The molecule has 5 atom stereocenters. The highest BCUT2D eigenvalue weighted by Crippen LogP contribution is 2.29. The number of amides is 6. The highest BCUT2D eigenvalue weighted by molar-refractivity contribution is 7.10. The average molecular weight is 765 g/mol. The summed E-state index contributed by atoms with van der Waals surface area (Å²) in [6, 6.07) is -0.908.